The van der Waals surface area contributed by atoms with Gasteiger partial charge < -0.3 is 4.42 Å². The van der Waals surface area contributed by atoms with Crippen LogP contribution in [0.3, 0.4) is 0 Å². The summed E-state index contributed by atoms with van der Waals surface area (Å²) < 4.78 is 7.45. The van der Waals surface area contributed by atoms with Gasteiger partial charge in [-0.3, -0.25) is 0 Å². The van der Waals surface area contributed by atoms with Crippen LogP contribution >= 0.6 is 15.9 Å². The van der Waals surface area contributed by atoms with E-state index in [0.717, 1.165) is 27.1 Å². The maximum atomic E-state index is 6.42. The summed E-state index contributed by atoms with van der Waals surface area (Å²) in [5.41, 5.74) is 5.25. The van der Waals surface area contributed by atoms with Gasteiger partial charge in [-0.2, -0.15) is 0 Å². The molecule has 0 saturated heterocycles. The van der Waals surface area contributed by atoms with Crippen LogP contribution in [0, 0.1) is 0 Å². The highest BCUT2D eigenvalue weighted by Crippen LogP contribution is 2.40. The first-order chi connectivity index (χ1) is 15.3. The molecule has 0 N–H and O–H groups in total. The van der Waals surface area contributed by atoms with Crippen LogP contribution in [-0.2, 0) is 0 Å². The fourth-order valence-corrected chi connectivity index (χ4v) is 4.10. The van der Waals surface area contributed by atoms with Crippen molar-refractivity contribution in [2.45, 2.75) is 5.92 Å². The molecule has 0 aliphatic heterocycles. The van der Waals surface area contributed by atoms with E-state index in [4.69, 9.17) is 9.40 Å². The normalized spacial score (nSPS) is 11.0. The Bertz CT molecular complexity index is 1220. The lowest BCUT2D eigenvalue weighted by Gasteiger charge is -2.17. The molecule has 0 radical (unpaired) electrons. The Kier molecular flexibility index (Phi) is 5.51. The van der Waals surface area contributed by atoms with Gasteiger partial charge >= 0.3 is 0 Å². The topological polar surface area (TPSA) is 26.0 Å². The Morgan fingerprint density at radius 3 is 1.65 bits per heavy atom. The second-order valence-electron chi connectivity index (χ2n) is 7.36. The molecular weight excluding hydrogens is 446 g/mol. The number of hydrogen-bond donors (Lipinski definition) is 0. The summed E-state index contributed by atoms with van der Waals surface area (Å²) in [6.07, 6.45) is 0. The lowest BCUT2D eigenvalue weighted by atomic mass is 9.87. The molecule has 0 bridgehead atoms. The quantitative estimate of drug-likeness (QED) is 0.263. The number of halogens is 1. The van der Waals surface area contributed by atoms with Gasteiger partial charge in [0.05, 0.1) is 11.6 Å². The minimum atomic E-state index is -0.0365. The Hall–Kier alpha value is -3.43. The van der Waals surface area contributed by atoms with Gasteiger partial charge in [-0.1, -0.05) is 107 Å². The fraction of sp³-hybridized carbons (Fsp3) is 0.0357. The van der Waals surface area contributed by atoms with Crippen LogP contribution in [-0.4, -0.2) is 4.98 Å². The van der Waals surface area contributed by atoms with Crippen molar-refractivity contribution in [2.75, 3.05) is 0 Å². The molecule has 0 fully saturated rings. The number of rotatable bonds is 5. The zero-order valence-electron chi connectivity index (χ0n) is 16.8. The number of aromatic nitrogens is 1. The van der Waals surface area contributed by atoms with E-state index >= 15 is 0 Å². The van der Waals surface area contributed by atoms with E-state index in [1.165, 1.54) is 11.1 Å². The van der Waals surface area contributed by atoms with Crippen LogP contribution in [0.5, 0.6) is 0 Å². The van der Waals surface area contributed by atoms with Crippen molar-refractivity contribution in [3.05, 3.63) is 137 Å². The zero-order valence-corrected chi connectivity index (χ0v) is 18.4. The first-order valence-electron chi connectivity index (χ1n) is 10.2. The summed E-state index contributed by atoms with van der Waals surface area (Å²) in [7, 11) is 0. The maximum Gasteiger partial charge on any atom is 0.227 e. The van der Waals surface area contributed by atoms with Gasteiger partial charge in [0.2, 0.25) is 5.89 Å². The highest BCUT2D eigenvalue weighted by Gasteiger charge is 2.26. The highest BCUT2D eigenvalue weighted by atomic mass is 79.9. The van der Waals surface area contributed by atoms with Crippen LogP contribution in [0.2, 0.25) is 0 Å². The van der Waals surface area contributed by atoms with E-state index in [1.807, 2.05) is 54.6 Å². The Balaban J connectivity index is 1.74. The van der Waals surface area contributed by atoms with Crippen LogP contribution in [0.15, 0.2) is 124 Å². The first-order valence-corrected chi connectivity index (χ1v) is 11.0. The molecule has 2 nitrogen and oxygen atoms in total. The van der Waals surface area contributed by atoms with E-state index in [2.05, 4.69) is 76.6 Å². The summed E-state index contributed by atoms with van der Waals surface area (Å²) in [6.45, 7) is 0. The third kappa shape index (κ3) is 4.10. The smallest absolute Gasteiger partial charge is 0.227 e. The van der Waals surface area contributed by atoms with Crippen molar-refractivity contribution in [3.8, 4) is 22.8 Å². The van der Waals surface area contributed by atoms with Crippen molar-refractivity contribution < 1.29 is 4.42 Å². The minimum Gasteiger partial charge on any atom is -0.436 e. The summed E-state index contributed by atoms with van der Waals surface area (Å²) in [6, 6.07) is 39.3. The standard InChI is InChI=1S/C28H20BrNO/c29-24-18-16-23(17-19-24)28-30-26(27(31-28)22-14-8-3-9-15-22)25(20-10-4-1-5-11-20)21-12-6-2-7-13-21/h1-19,25H. The maximum absolute atomic E-state index is 6.42. The van der Waals surface area contributed by atoms with Gasteiger partial charge in [0.25, 0.3) is 0 Å². The van der Waals surface area contributed by atoms with Crippen molar-refractivity contribution in [1.29, 1.82) is 0 Å². The Morgan fingerprint density at radius 2 is 1.10 bits per heavy atom. The highest BCUT2D eigenvalue weighted by molar-refractivity contribution is 9.10. The molecule has 1 aromatic heterocycles. The lowest BCUT2D eigenvalue weighted by molar-refractivity contribution is 0.587. The van der Waals surface area contributed by atoms with Gasteiger partial charge in [0.15, 0.2) is 5.76 Å². The monoisotopic (exact) mass is 465 g/mol. The molecule has 1 heterocycles. The largest absolute Gasteiger partial charge is 0.436 e. The molecule has 3 heteroatoms. The molecule has 0 spiro atoms. The van der Waals surface area contributed by atoms with E-state index in [-0.39, 0.29) is 5.92 Å². The van der Waals surface area contributed by atoms with E-state index < -0.39 is 0 Å². The number of hydrogen-bond acceptors (Lipinski definition) is 2. The molecule has 0 unspecified atom stereocenters. The number of nitrogens with zero attached hydrogens (tertiary/aromatic N) is 1. The minimum absolute atomic E-state index is 0.0365. The molecule has 150 valence electrons. The summed E-state index contributed by atoms with van der Waals surface area (Å²) >= 11 is 3.51. The SMILES string of the molecule is Brc1ccc(-c2nc(C(c3ccccc3)c3ccccc3)c(-c3ccccc3)o2)cc1. The lowest BCUT2D eigenvalue weighted by Crippen LogP contribution is -2.05. The fourth-order valence-electron chi connectivity index (χ4n) is 3.84. The van der Waals surface area contributed by atoms with Gasteiger partial charge in [-0.05, 0) is 35.4 Å². The van der Waals surface area contributed by atoms with Gasteiger partial charge in [0, 0.05) is 15.6 Å². The van der Waals surface area contributed by atoms with Crippen LogP contribution in [0.1, 0.15) is 22.7 Å². The molecule has 0 aliphatic rings. The summed E-state index contributed by atoms with van der Waals surface area (Å²) in [5, 5.41) is 0. The van der Waals surface area contributed by atoms with Crippen molar-refractivity contribution in [1.82, 2.24) is 4.98 Å². The summed E-state index contributed by atoms with van der Waals surface area (Å²) in [5.74, 6) is 1.39. The number of oxazole rings is 1. The molecular formula is C28H20BrNO. The molecule has 0 amide bonds. The second-order valence-corrected chi connectivity index (χ2v) is 8.28. The third-order valence-corrected chi connectivity index (χ3v) is 5.85. The average Bonchev–Trinajstić information content (AvgIpc) is 3.27. The molecule has 5 aromatic rings. The predicted molar refractivity (Wildman–Crippen MR) is 129 cm³/mol. The van der Waals surface area contributed by atoms with E-state index in [0.29, 0.717) is 5.89 Å². The molecule has 4 aromatic carbocycles. The average molecular weight is 466 g/mol. The zero-order chi connectivity index (χ0) is 21.0. The van der Waals surface area contributed by atoms with Gasteiger partial charge in [0.1, 0.15) is 0 Å². The van der Waals surface area contributed by atoms with Crippen molar-refractivity contribution in [2.24, 2.45) is 0 Å². The Morgan fingerprint density at radius 1 is 0.581 bits per heavy atom. The molecule has 31 heavy (non-hydrogen) atoms. The van der Waals surface area contributed by atoms with Crippen LogP contribution in [0.25, 0.3) is 22.8 Å². The van der Waals surface area contributed by atoms with Crippen molar-refractivity contribution in [3.63, 3.8) is 0 Å². The molecule has 0 aliphatic carbocycles. The molecule has 5 rings (SSSR count). The van der Waals surface area contributed by atoms with Gasteiger partial charge in [-0.25, -0.2) is 4.98 Å². The van der Waals surface area contributed by atoms with Crippen LogP contribution < -0.4 is 0 Å². The predicted octanol–water partition coefficient (Wildman–Crippen LogP) is 7.95. The number of benzene rings is 4. The summed E-state index contributed by atoms with van der Waals surface area (Å²) in [4.78, 5) is 5.06. The Labute approximate surface area is 190 Å². The second kappa shape index (κ2) is 8.75. The van der Waals surface area contributed by atoms with E-state index in [1.54, 1.807) is 0 Å². The molecule has 0 atom stereocenters. The van der Waals surface area contributed by atoms with E-state index in [9.17, 15) is 0 Å². The molecule has 0 saturated carbocycles. The first kappa shape index (κ1) is 19.5. The third-order valence-electron chi connectivity index (χ3n) is 5.32. The van der Waals surface area contributed by atoms with Crippen molar-refractivity contribution >= 4 is 15.9 Å². The van der Waals surface area contributed by atoms with Gasteiger partial charge in [-0.15, -0.1) is 0 Å². The van der Waals surface area contributed by atoms with Crippen LogP contribution in [0.4, 0.5) is 0 Å².